The highest BCUT2D eigenvalue weighted by Gasteiger charge is 2.21. The van der Waals surface area contributed by atoms with Gasteiger partial charge in [-0.2, -0.15) is 0 Å². The van der Waals surface area contributed by atoms with Crippen molar-refractivity contribution in [3.05, 3.63) is 65.7 Å². The fourth-order valence-corrected chi connectivity index (χ4v) is 2.99. The Labute approximate surface area is 147 Å². The number of ketones is 1. The zero-order valence-electron chi connectivity index (χ0n) is 14.2. The number of esters is 1. The quantitative estimate of drug-likeness (QED) is 0.583. The molecule has 0 spiro atoms. The Morgan fingerprint density at radius 3 is 2.00 bits per heavy atom. The van der Waals surface area contributed by atoms with Gasteiger partial charge in [0.15, 0.2) is 6.10 Å². The number of carbonyl (C=O) groups excluding carboxylic acids is 2. The van der Waals surface area contributed by atoms with Crippen LogP contribution in [0.25, 0.3) is 0 Å². The number of hydrogen-bond acceptors (Lipinski definition) is 5. The molecule has 1 unspecified atom stereocenters. The number of nitrogens with zero attached hydrogens (tertiary/aromatic N) is 1. The van der Waals surface area contributed by atoms with Crippen LogP contribution in [-0.4, -0.2) is 44.7 Å². The van der Waals surface area contributed by atoms with E-state index in [2.05, 4.69) is 0 Å². The van der Waals surface area contributed by atoms with Crippen LogP contribution in [0.5, 0.6) is 0 Å². The van der Waals surface area contributed by atoms with Gasteiger partial charge in [0, 0.05) is 19.7 Å². The smallest absolute Gasteiger partial charge is 0.338 e. The summed E-state index contributed by atoms with van der Waals surface area (Å²) in [4.78, 5) is 24.4. The van der Waals surface area contributed by atoms with Crippen LogP contribution in [-0.2, 0) is 14.8 Å². The fraction of sp³-hybridized carbons (Fsp3) is 0.222. The number of rotatable bonds is 6. The Balaban J connectivity index is 2.10. The van der Waals surface area contributed by atoms with Gasteiger partial charge in [0.25, 0.3) is 0 Å². The first-order valence-electron chi connectivity index (χ1n) is 7.56. The molecule has 132 valence electrons. The maximum atomic E-state index is 12.2. The second kappa shape index (κ2) is 7.58. The maximum absolute atomic E-state index is 12.2. The molecule has 0 heterocycles. The summed E-state index contributed by atoms with van der Waals surface area (Å²) in [5.41, 5.74) is 0.626. The van der Waals surface area contributed by atoms with Crippen molar-refractivity contribution in [3.63, 3.8) is 0 Å². The van der Waals surface area contributed by atoms with Crippen molar-refractivity contribution < 1.29 is 22.7 Å². The molecule has 7 heteroatoms. The Morgan fingerprint density at radius 2 is 1.48 bits per heavy atom. The topological polar surface area (TPSA) is 80.8 Å². The highest BCUT2D eigenvalue weighted by atomic mass is 32.2. The van der Waals surface area contributed by atoms with E-state index in [0.717, 1.165) is 4.31 Å². The molecule has 2 rings (SSSR count). The summed E-state index contributed by atoms with van der Waals surface area (Å²) in [6, 6.07) is 13.9. The van der Waals surface area contributed by atoms with Crippen molar-refractivity contribution in [2.75, 3.05) is 14.1 Å². The van der Waals surface area contributed by atoms with Gasteiger partial charge in [0.1, 0.15) is 0 Å². The Bertz CT molecular complexity index is 858. The van der Waals surface area contributed by atoms with Crippen LogP contribution in [0, 0.1) is 0 Å². The van der Waals surface area contributed by atoms with Gasteiger partial charge in [-0.25, -0.2) is 17.5 Å². The number of hydrogen-bond donors (Lipinski definition) is 0. The molecule has 0 aliphatic carbocycles. The van der Waals surface area contributed by atoms with Crippen LogP contribution in [0.1, 0.15) is 27.6 Å². The van der Waals surface area contributed by atoms with Crippen molar-refractivity contribution in [1.29, 1.82) is 0 Å². The fourth-order valence-electron chi connectivity index (χ4n) is 2.09. The molecule has 2 aromatic rings. The third kappa shape index (κ3) is 4.32. The van der Waals surface area contributed by atoms with E-state index in [0.29, 0.717) is 5.56 Å². The zero-order chi connectivity index (χ0) is 18.6. The Hall–Kier alpha value is -2.51. The first kappa shape index (κ1) is 18.8. The monoisotopic (exact) mass is 361 g/mol. The summed E-state index contributed by atoms with van der Waals surface area (Å²) in [7, 11) is -0.715. The second-order valence-electron chi connectivity index (χ2n) is 5.59. The lowest BCUT2D eigenvalue weighted by Crippen LogP contribution is -2.24. The minimum Gasteiger partial charge on any atom is -0.451 e. The highest BCUT2D eigenvalue weighted by Crippen LogP contribution is 2.15. The lowest BCUT2D eigenvalue weighted by atomic mass is 10.1. The standard InChI is InChI=1S/C18H19NO5S/c1-13(17(20)14-7-5-4-6-8-14)24-18(21)15-9-11-16(12-10-15)25(22,23)19(2)3/h4-13H,1-3H3. The molecule has 0 aromatic heterocycles. The van der Waals surface area contributed by atoms with E-state index in [9.17, 15) is 18.0 Å². The number of sulfonamides is 1. The summed E-state index contributed by atoms with van der Waals surface area (Å²) >= 11 is 0. The van der Waals surface area contributed by atoms with Crippen LogP contribution in [0.15, 0.2) is 59.5 Å². The van der Waals surface area contributed by atoms with Crippen molar-refractivity contribution in [3.8, 4) is 0 Å². The number of carbonyl (C=O) groups is 2. The molecule has 2 aromatic carbocycles. The summed E-state index contributed by atoms with van der Waals surface area (Å²) in [5.74, 6) is -0.994. The zero-order valence-corrected chi connectivity index (χ0v) is 15.0. The van der Waals surface area contributed by atoms with E-state index in [1.165, 1.54) is 45.3 Å². The molecule has 6 nitrogen and oxygen atoms in total. The largest absolute Gasteiger partial charge is 0.451 e. The van der Waals surface area contributed by atoms with Gasteiger partial charge in [-0.15, -0.1) is 0 Å². The molecule has 0 radical (unpaired) electrons. The van der Waals surface area contributed by atoms with E-state index in [4.69, 9.17) is 4.74 Å². The van der Waals surface area contributed by atoms with Crippen LogP contribution < -0.4 is 0 Å². The average Bonchev–Trinajstić information content (AvgIpc) is 2.61. The molecule has 25 heavy (non-hydrogen) atoms. The van der Waals surface area contributed by atoms with Crippen molar-refractivity contribution >= 4 is 21.8 Å². The molecule has 0 N–H and O–H groups in total. The third-order valence-corrected chi connectivity index (χ3v) is 5.41. The molecule has 1 atom stereocenters. The van der Waals surface area contributed by atoms with Gasteiger partial charge in [-0.05, 0) is 31.2 Å². The van der Waals surface area contributed by atoms with Crippen molar-refractivity contribution in [2.45, 2.75) is 17.9 Å². The van der Waals surface area contributed by atoms with Crippen LogP contribution >= 0.6 is 0 Å². The molecular weight excluding hydrogens is 342 g/mol. The van der Waals surface area contributed by atoms with E-state index < -0.39 is 22.1 Å². The lowest BCUT2D eigenvalue weighted by molar-refractivity contribution is 0.0318. The third-order valence-electron chi connectivity index (χ3n) is 3.58. The average molecular weight is 361 g/mol. The lowest BCUT2D eigenvalue weighted by Gasteiger charge is -2.13. The molecule has 0 amide bonds. The minimum atomic E-state index is -3.56. The minimum absolute atomic E-state index is 0.0717. The van der Waals surface area contributed by atoms with Gasteiger partial charge >= 0.3 is 5.97 Å². The molecule has 0 bridgehead atoms. The first-order chi connectivity index (χ1) is 11.7. The molecule has 0 aliphatic heterocycles. The van der Waals surface area contributed by atoms with Crippen molar-refractivity contribution in [2.24, 2.45) is 0 Å². The molecular formula is C18H19NO5S. The Morgan fingerprint density at radius 1 is 0.920 bits per heavy atom. The predicted octanol–water partition coefficient (Wildman–Crippen LogP) is 2.37. The summed E-state index contributed by atoms with van der Waals surface area (Å²) in [6.07, 6.45) is -0.944. The van der Waals surface area contributed by atoms with Gasteiger partial charge in [0.2, 0.25) is 15.8 Å². The SMILES string of the molecule is CC(OC(=O)c1ccc(S(=O)(=O)N(C)C)cc1)C(=O)c1ccccc1. The number of Topliss-reactive ketones (excluding diaryl/α,β-unsaturated/α-hetero) is 1. The van der Waals surface area contributed by atoms with E-state index in [-0.39, 0.29) is 16.2 Å². The van der Waals surface area contributed by atoms with Crippen LogP contribution in [0.3, 0.4) is 0 Å². The van der Waals surface area contributed by atoms with E-state index in [1.807, 2.05) is 0 Å². The van der Waals surface area contributed by atoms with Gasteiger partial charge < -0.3 is 4.74 Å². The van der Waals surface area contributed by atoms with Crippen LogP contribution in [0.2, 0.25) is 0 Å². The van der Waals surface area contributed by atoms with Gasteiger partial charge in [-0.3, -0.25) is 4.79 Å². The summed E-state index contributed by atoms with van der Waals surface area (Å²) in [5, 5.41) is 0. The molecule has 0 fully saturated rings. The summed E-state index contributed by atoms with van der Waals surface area (Å²) in [6.45, 7) is 1.50. The highest BCUT2D eigenvalue weighted by molar-refractivity contribution is 7.89. The molecule has 0 saturated carbocycles. The van der Waals surface area contributed by atoms with Gasteiger partial charge in [0.05, 0.1) is 10.5 Å². The first-order valence-corrected chi connectivity index (χ1v) is 9.00. The molecule has 0 saturated heterocycles. The maximum Gasteiger partial charge on any atom is 0.338 e. The van der Waals surface area contributed by atoms with Crippen molar-refractivity contribution in [1.82, 2.24) is 4.31 Å². The normalized spacial score (nSPS) is 12.6. The van der Waals surface area contributed by atoms with Gasteiger partial charge in [-0.1, -0.05) is 30.3 Å². The Kier molecular flexibility index (Phi) is 5.71. The second-order valence-corrected chi connectivity index (χ2v) is 7.74. The number of ether oxygens (including phenoxy) is 1. The number of benzene rings is 2. The van der Waals surface area contributed by atoms with Crippen LogP contribution in [0.4, 0.5) is 0 Å². The van der Waals surface area contributed by atoms with E-state index >= 15 is 0 Å². The summed E-state index contributed by atoms with van der Waals surface area (Å²) < 4.78 is 30.3. The predicted molar refractivity (Wildman–Crippen MR) is 93.0 cm³/mol. The van der Waals surface area contributed by atoms with E-state index in [1.54, 1.807) is 30.3 Å². The molecule has 0 aliphatic rings.